The van der Waals surface area contributed by atoms with Crippen LogP contribution in [0.25, 0.3) is 0 Å². The number of ether oxygens (including phenoxy) is 1. The Morgan fingerprint density at radius 3 is 2.53 bits per heavy atom. The van der Waals surface area contributed by atoms with Gasteiger partial charge >= 0.3 is 6.36 Å². The Hall–Kier alpha value is -0.980. The summed E-state index contributed by atoms with van der Waals surface area (Å²) in [7, 11) is 0. The van der Waals surface area contributed by atoms with Crippen LogP contribution in [0.15, 0.2) is 18.2 Å². The second kappa shape index (κ2) is 5.57. The smallest absolute Gasteiger partial charge is 0.406 e. The Balaban J connectivity index is 2.86. The molecule has 0 aliphatic rings. The fourth-order valence-electron chi connectivity index (χ4n) is 1.30. The van der Waals surface area contributed by atoms with E-state index < -0.39 is 18.2 Å². The van der Waals surface area contributed by atoms with E-state index in [0.717, 1.165) is 6.07 Å². The number of halogens is 4. The maximum Gasteiger partial charge on any atom is 0.573 e. The van der Waals surface area contributed by atoms with Gasteiger partial charge in [0.15, 0.2) is 0 Å². The highest BCUT2D eigenvalue weighted by Crippen LogP contribution is 2.27. The van der Waals surface area contributed by atoms with Gasteiger partial charge in [0.05, 0.1) is 6.61 Å². The van der Waals surface area contributed by atoms with E-state index in [0.29, 0.717) is 5.56 Å². The van der Waals surface area contributed by atoms with Crippen molar-refractivity contribution < 1.29 is 23.0 Å². The lowest BCUT2D eigenvalue weighted by atomic mass is 10.1. The summed E-state index contributed by atoms with van der Waals surface area (Å²) in [5, 5.41) is 8.87. The van der Waals surface area contributed by atoms with Crippen LogP contribution in [0.3, 0.4) is 0 Å². The molecule has 7 heteroatoms. The number of rotatable bonds is 4. The van der Waals surface area contributed by atoms with Crippen LogP contribution < -0.4 is 10.5 Å². The van der Waals surface area contributed by atoms with Crippen molar-refractivity contribution >= 4 is 11.6 Å². The van der Waals surface area contributed by atoms with Gasteiger partial charge in [-0.15, -0.1) is 13.2 Å². The average Bonchev–Trinajstić information content (AvgIpc) is 2.13. The Morgan fingerprint density at radius 2 is 2.00 bits per heavy atom. The number of alkyl halides is 3. The molecule has 1 unspecified atom stereocenters. The maximum absolute atomic E-state index is 12.0. The first-order valence-electron chi connectivity index (χ1n) is 4.72. The van der Waals surface area contributed by atoms with Crippen molar-refractivity contribution in [2.75, 3.05) is 6.61 Å². The molecule has 1 atom stereocenters. The number of aliphatic hydroxyl groups is 1. The largest absolute Gasteiger partial charge is 0.573 e. The summed E-state index contributed by atoms with van der Waals surface area (Å²) in [5.41, 5.74) is 5.95. The normalized spacial score (nSPS) is 13.5. The summed E-state index contributed by atoms with van der Waals surface area (Å²) in [5.74, 6) is -0.398. The molecule has 0 heterocycles. The third-order valence-corrected chi connectivity index (χ3v) is 2.12. The fraction of sp³-hybridized carbons (Fsp3) is 0.400. The number of nitrogens with two attached hydrogens (primary N) is 1. The molecular formula is C10H11ClF3NO2. The van der Waals surface area contributed by atoms with E-state index in [4.69, 9.17) is 22.4 Å². The molecule has 0 saturated carbocycles. The van der Waals surface area contributed by atoms with Gasteiger partial charge in [-0.1, -0.05) is 11.6 Å². The van der Waals surface area contributed by atoms with Gasteiger partial charge in [-0.3, -0.25) is 0 Å². The minimum absolute atomic E-state index is 0.117. The molecule has 3 nitrogen and oxygen atoms in total. The molecule has 17 heavy (non-hydrogen) atoms. The molecule has 1 aromatic carbocycles. The molecule has 0 saturated heterocycles. The SMILES string of the molecule is NC(CO)Cc1cc(Cl)cc(OC(F)(F)F)c1. The Labute approximate surface area is 101 Å². The summed E-state index contributed by atoms with van der Waals surface area (Å²) in [6.45, 7) is -0.262. The molecule has 0 radical (unpaired) electrons. The van der Waals surface area contributed by atoms with Crippen molar-refractivity contribution in [2.24, 2.45) is 5.73 Å². The highest BCUT2D eigenvalue weighted by Gasteiger charge is 2.31. The van der Waals surface area contributed by atoms with E-state index >= 15 is 0 Å². The first kappa shape index (κ1) is 14.1. The van der Waals surface area contributed by atoms with Gasteiger partial charge in [0.2, 0.25) is 0 Å². The Bertz CT molecular complexity index is 384. The third kappa shape index (κ3) is 5.25. The highest BCUT2D eigenvalue weighted by atomic mass is 35.5. The van der Waals surface area contributed by atoms with Crippen molar-refractivity contribution in [3.8, 4) is 5.75 Å². The monoisotopic (exact) mass is 269 g/mol. The van der Waals surface area contributed by atoms with Gasteiger partial charge in [-0.05, 0) is 30.2 Å². The predicted octanol–water partition coefficient (Wildman–Crippen LogP) is 2.10. The first-order chi connectivity index (χ1) is 7.80. The van der Waals surface area contributed by atoms with E-state index in [2.05, 4.69) is 4.74 Å². The number of hydrogen-bond acceptors (Lipinski definition) is 3. The van der Waals surface area contributed by atoms with E-state index in [1.54, 1.807) is 0 Å². The van der Waals surface area contributed by atoms with Gasteiger partial charge in [-0.2, -0.15) is 0 Å². The maximum atomic E-state index is 12.0. The van der Waals surface area contributed by atoms with Gasteiger partial charge in [0.25, 0.3) is 0 Å². The standard InChI is InChI=1S/C10H11ClF3NO2/c11-7-1-6(2-8(15)5-16)3-9(4-7)17-10(12,13)14/h1,3-4,8,16H,2,5,15H2. The zero-order valence-electron chi connectivity index (χ0n) is 8.67. The minimum Gasteiger partial charge on any atom is -0.406 e. The van der Waals surface area contributed by atoms with Crippen LogP contribution in [0.2, 0.25) is 5.02 Å². The van der Waals surface area contributed by atoms with Crippen molar-refractivity contribution in [3.05, 3.63) is 28.8 Å². The van der Waals surface area contributed by atoms with Gasteiger partial charge in [0.1, 0.15) is 5.75 Å². The summed E-state index contributed by atoms with van der Waals surface area (Å²) in [6, 6.07) is 3.17. The van der Waals surface area contributed by atoms with E-state index in [1.165, 1.54) is 12.1 Å². The lowest BCUT2D eigenvalue weighted by molar-refractivity contribution is -0.274. The van der Waals surface area contributed by atoms with E-state index in [1.807, 2.05) is 0 Å². The summed E-state index contributed by atoms with van der Waals surface area (Å²) in [4.78, 5) is 0. The summed E-state index contributed by atoms with van der Waals surface area (Å²) < 4.78 is 39.8. The number of benzene rings is 1. The number of hydrogen-bond donors (Lipinski definition) is 2. The molecule has 96 valence electrons. The second-order valence-electron chi connectivity index (χ2n) is 3.49. The van der Waals surface area contributed by atoms with Crippen LogP contribution in [-0.4, -0.2) is 24.1 Å². The topological polar surface area (TPSA) is 55.5 Å². The Kier molecular flexibility index (Phi) is 4.62. The van der Waals surface area contributed by atoms with Crippen LogP contribution in [-0.2, 0) is 6.42 Å². The summed E-state index contributed by atoms with van der Waals surface area (Å²) >= 11 is 5.65. The zero-order valence-corrected chi connectivity index (χ0v) is 9.42. The lowest BCUT2D eigenvalue weighted by Gasteiger charge is -2.12. The molecule has 0 bridgehead atoms. The average molecular weight is 270 g/mol. The van der Waals surface area contributed by atoms with Crippen LogP contribution in [0.5, 0.6) is 5.75 Å². The number of aliphatic hydroxyl groups excluding tert-OH is 1. The molecule has 0 aliphatic heterocycles. The fourth-order valence-corrected chi connectivity index (χ4v) is 1.55. The van der Waals surface area contributed by atoms with Crippen LogP contribution in [0, 0.1) is 0 Å². The molecule has 0 fully saturated rings. The van der Waals surface area contributed by atoms with Gasteiger partial charge < -0.3 is 15.6 Å². The van der Waals surface area contributed by atoms with Crippen LogP contribution in [0.4, 0.5) is 13.2 Å². The summed E-state index contributed by atoms with van der Waals surface area (Å²) in [6.07, 6.45) is -4.55. The van der Waals surface area contributed by atoms with Crippen LogP contribution >= 0.6 is 11.6 Å². The highest BCUT2D eigenvalue weighted by molar-refractivity contribution is 6.30. The molecule has 0 aromatic heterocycles. The van der Waals surface area contributed by atoms with Crippen molar-refractivity contribution in [1.82, 2.24) is 0 Å². The van der Waals surface area contributed by atoms with Gasteiger partial charge in [-0.25, -0.2) is 0 Å². The predicted molar refractivity (Wildman–Crippen MR) is 56.9 cm³/mol. The second-order valence-corrected chi connectivity index (χ2v) is 3.93. The van der Waals surface area contributed by atoms with E-state index in [9.17, 15) is 13.2 Å². The molecule has 3 N–H and O–H groups in total. The third-order valence-electron chi connectivity index (χ3n) is 1.90. The quantitative estimate of drug-likeness (QED) is 0.880. The molecule has 0 spiro atoms. The molecule has 1 rings (SSSR count). The molecular weight excluding hydrogens is 259 g/mol. The minimum atomic E-state index is -4.76. The molecule has 0 aliphatic carbocycles. The molecule has 0 amide bonds. The van der Waals surface area contributed by atoms with Gasteiger partial charge in [0, 0.05) is 11.1 Å². The van der Waals surface area contributed by atoms with Crippen molar-refractivity contribution in [1.29, 1.82) is 0 Å². The Morgan fingerprint density at radius 1 is 1.35 bits per heavy atom. The molecule has 1 aromatic rings. The van der Waals surface area contributed by atoms with Crippen LogP contribution in [0.1, 0.15) is 5.56 Å². The van der Waals surface area contributed by atoms with Crippen molar-refractivity contribution in [3.63, 3.8) is 0 Å². The zero-order chi connectivity index (χ0) is 13.1. The lowest BCUT2D eigenvalue weighted by Crippen LogP contribution is -2.26. The van der Waals surface area contributed by atoms with Crippen molar-refractivity contribution in [2.45, 2.75) is 18.8 Å². The first-order valence-corrected chi connectivity index (χ1v) is 5.09. The van der Waals surface area contributed by atoms with E-state index in [-0.39, 0.29) is 18.1 Å².